The van der Waals surface area contributed by atoms with Crippen molar-refractivity contribution in [1.82, 2.24) is 0 Å². The van der Waals surface area contributed by atoms with Crippen LogP contribution >= 0.6 is 0 Å². The second-order valence-corrected chi connectivity index (χ2v) is 5.77. The molecule has 6 nitrogen and oxygen atoms in total. The van der Waals surface area contributed by atoms with E-state index in [0.717, 1.165) is 11.1 Å². The summed E-state index contributed by atoms with van der Waals surface area (Å²) in [6.45, 7) is 0.443. The van der Waals surface area contributed by atoms with Gasteiger partial charge in [-0.2, -0.15) is 0 Å². The number of carbonyl (C=O) groups is 2. The molecule has 0 aliphatic rings. The first-order chi connectivity index (χ1) is 12.5. The van der Waals surface area contributed by atoms with E-state index in [1.54, 1.807) is 48.5 Å². The minimum absolute atomic E-state index is 0.0202. The molecule has 0 fully saturated rings. The molecule has 6 heteroatoms. The van der Waals surface area contributed by atoms with Crippen LogP contribution in [0.4, 0.5) is 0 Å². The van der Waals surface area contributed by atoms with Crippen LogP contribution in [0, 0.1) is 0 Å². The van der Waals surface area contributed by atoms with Gasteiger partial charge in [0.2, 0.25) is 0 Å². The highest BCUT2D eigenvalue weighted by Gasteiger charge is 2.09. The number of carbonyl (C=O) groups excluding carboxylic acids is 2. The fourth-order valence-electron chi connectivity index (χ4n) is 2.24. The largest absolute Gasteiger partial charge is 0.508 e. The van der Waals surface area contributed by atoms with Crippen molar-refractivity contribution in [2.24, 2.45) is 0 Å². The Kier molecular flexibility index (Phi) is 7.49. The molecule has 0 atom stereocenters. The lowest BCUT2D eigenvalue weighted by molar-refractivity contribution is -0.150. The lowest BCUT2D eigenvalue weighted by Crippen LogP contribution is -2.12. The standard InChI is InChI=1S/C20H22O6/c21-17-5-1-15(2-6-17)11-13-25-19(23)9-10-20(24)26-14-12-16-3-7-18(22)8-4-16/h1-8,21-22H,9-14H2. The van der Waals surface area contributed by atoms with Gasteiger partial charge in [0.1, 0.15) is 11.5 Å². The van der Waals surface area contributed by atoms with Crippen molar-refractivity contribution in [2.45, 2.75) is 25.7 Å². The van der Waals surface area contributed by atoms with E-state index in [-0.39, 0.29) is 37.6 Å². The molecular weight excluding hydrogens is 336 g/mol. The maximum absolute atomic E-state index is 11.6. The van der Waals surface area contributed by atoms with Gasteiger partial charge in [-0.05, 0) is 35.4 Å². The molecule has 0 radical (unpaired) electrons. The van der Waals surface area contributed by atoms with E-state index in [9.17, 15) is 19.8 Å². The molecule has 0 amide bonds. The normalized spacial score (nSPS) is 10.3. The van der Waals surface area contributed by atoms with E-state index in [4.69, 9.17) is 9.47 Å². The van der Waals surface area contributed by atoms with Crippen LogP contribution in [0.15, 0.2) is 48.5 Å². The first-order valence-electron chi connectivity index (χ1n) is 8.40. The van der Waals surface area contributed by atoms with Gasteiger partial charge in [0.15, 0.2) is 0 Å². The summed E-state index contributed by atoms with van der Waals surface area (Å²) in [4.78, 5) is 23.3. The molecule has 2 aromatic carbocycles. The SMILES string of the molecule is O=C(CCC(=O)OCCc1ccc(O)cc1)OCCc1ccc(O)cc1. The van der Waals surface area contributed by atoms with Crippen molar-refractivity contribution in [1.29, 1.82) is 0 Å². The van der Waals surface area contributed by atoms with Crippen molar-refractivity contribution in [3.05, 3.63) is 59.7 Å². The Balaban J connectivity index is 1.55. The van der Waals surface area contributed by atoms with Gasteiger partial charge in [0.05, 0.1) is 26.1 Å². The van der Waals surface area contributed by atoms with Crippen LogP contribution < -0.4 is 0 Å². The van der Waals surface area contributed by atoms with Crippen molar-refractivity contribution < 1.29 is 29.3 Å². The summed E-state index contributed by atoms with van der Waals surface area (Å²) in [5.41, 5.74) is 1.90. The highest BCUT2D eigenvalue weighted by Crippen LogP contribution is 2.11. The maximum Gasteiger partial charge on any atom is 0.306 e. The summed E-state index contributed by atoms with van der Waals surface area (Å²) in [5.74, 6) is -0.511. The number of phenols is 2. The number of aromatic hydroxyl groups is 2. The van der Waals surface area contributed by atoms with Crippen LogP contribution in [0.1, 0.15) is 24.0 Å². The highest BCUT2D eigenvalue weighted by atomic mass is 16.5. The molecule has 0 saturated heterocycles. The van der Waals surface area contributed by atoms with Crippen LogP contribution in [0.25, 0.3) is 0 Å². The number of benzene rings is 2. The Bertz CT molecular complexity index is 643. The predicted octanol–water partition coefficient (Wildman–Crippen LogP) is 2.75. The molecule has 0 aromatic heterocycles. The molecular formula is C20H22O6. The highest BCUT2D eigenvalue weighted by molar-refractivity contribution is 5.77. The summed E-state index contributed by atoms with van der Waals surface area (Å²) in [7, 11) is 0. The van der Waals surface area contributed by atoms with E-state index < -0.39 is 11.9 Å². The molecule has 26 heavy (non-hydrogen) atoms. The molecule has 0 heterocycles. The number of ether oxygens (including phenoxy) is 2. The first kappa shape index (κ1) is 19.3. The molecule has 0 aliphatic heterocycles. The minimum atomic E-state index is -0.445. The van der Waals surface area contributed by atoms with Crippen LogP contribution in [0.3, 0.4) is 0 Å². The quantitative estimate of drug-likeness (QED) is 0.670. The zero-order valence-corrected chi connectivity index (χ0v) is 14.4. The van der Waals surface area contributed by atoms with E-state index >= 15 is 0 Å². The lowest BCUT2D eigenvalue weighted by atomic mass is 10.1. The fourth-order valence-corrected chi connectivity index (χ4v) is 2.24. The van der Waals surface area contributed by atoms with E-state index in [1.165, 1.54) is 0 Å². The Morgan fingerprint density at radius 3 is 1.35 bits per heavy atom. The Labute approximate surface area is 152 Å². The van der Waals surface area contributed by atoms with E-state index in [1.807, 2.05) is 0 Å². The molecule has 0 aliphatic carbocycles. The molecule has 0 unspecified atom stereocenters. The zero-order chi connectivity index (χ0) is 18.8. The maximum atomic E-state index is 11.6. The van der Waals surface area contributed by atoms with Crippen LogP contribution in [0.2, 0.25) is 0 Å². The van der Waals surface area contributed by atoms with Gasteiger partial charge in [0, 0.05) is 12.8 Å². The molecule has 0 saturated carbocycles. The van der Waals surface area contributed by atoms with Crippen molar-refractivity contribution in [2.75, 3.05) is 13.2 Å². The topological polar surface area (TPSA) is 93.1 Å². The molecule has 2 rings (SSSR count). The fraction of sp³-hybridized carbons (Fsp3) is 0.300. The zero-order valence-electron chi connectivity index (χ0n) is 14.4. The predicted molar refractivity (Wildman–Crippen MR) is 94.8 cm³/mol. The average Bonchev–Trinajstić information content (AvgIpc) is 2.63. The van der Waals surface area contributed by atoms with Gasteiger partial charge in [-0.1, -0.05) is 24.3 Å². The van der Waals surface area contributed by atoms with Gasteiger partial charge in [-0.25, -0.2) is 0 Å². The Hall–Kier alpha value is -3.02. The summed E-state index contributed by atoms with van der Waals surface area (Å²) in [6.07, 6.45) is 1.05. The Morgan fingerprint density at radius 2 is 1.00 bits per heavy atom. The third-order valence-electron chi connectivity index (χ3n) is 3.71. The van der Waals surface area contributed by atoms with Gasteiger partial charge in [0.25, 0.3) is 0 Å². The number of phenolic OH excluding ortho intramolecular Hbond substituents is 2. The van der Waals surface area contributed by atoms with E-state index in [2.05, 4.69) is 0 Å². The van der Waals surface area contributed by atoms with Crippen molar-refractivity contribution >= 4 is 11.9 Å². The van der Waals surface area contributed by atoms with Crippen molar-refractivity contribution in [3.8, 4) is 11.5 Å². The van der Waals surface area contributed by atoms with Crippen LogP contribution in [-0.4, -0.2) is 35.4 Å². The smallest absolute Gasteiger partial charge is 0.306 e. The molecule has 2 N–H and O–H groups in total. The third-order valence-corrected chi connectivity index (χ3v) is 3.71. The number of hydrogen-bond acceptors (Lipinski definition) is 6. The van der Waals surface area contributed by atoms with Gasteiger partial charge >= 0.3 is 11.9 Å². The first-order valence-corrected chi connectivity index (χ1v) is 8.40. The lowest BCUT2D eigenvalue weighted by Gasteiger charge is -2.06. The third kappa shape index (κ3) is 7.25. The van der Waals surface area contributed by atoms with Gasteiger partial charge < -0.3 is 19.7 Å². The summed E-state index contributed by atoms with van der Waals surface area (Å²) in [6, 6.07) is 13.3. The molecule has 138 valence electrons. The van der Waals surface area contributed by atoms with E-state index in [0.29, 0.717) is 12.8 Å². The van der Waals surface area contributed by atoms with Crippen LogP contribution in [0.5, 0.6) is 11.5 Å². The summed E-state index contributed by atoms with van der Waals surface area (Å²) in [5, 5.41) is 18.4. The van der Waals surface area contributed by atoms with Crippen molar-refractivity contribution in [3.63, 3.8) is 0 Å². The Morgan fingerprint density at radius 1 is 0.654 bits per heavy atom. The second kappa shape index (κ2) is 10.1. The second-order valence-electron chi connectivity index (χ2n) is 5.77. The van der Waals surface area contributed by atoms with Crippen LogP contribution in [-0.2, 0) is 31.9 Å². The molecule has 0 bridgehead atoms. The monoisotopic (exact) mass is 358 g/mol. The average molecular weight is 358 g/mol. The molecule has 2 aromatic rings. The minimum Gasteiger partial charge on any atom is -0.508 e. The number of rotatable bonds is 9. The molecule has 0 spiro atoms. The van der Waals surface area contributed by atoms with Gasteiger partial charge in [-0.15, -0.1) is 0 Å². The summed E-state index contributed by atoms with van der Waals surface area (Å²) < 4.78 is 10.2. The number of esters is 2. The van der Waals surface area contributed by atoms with Gasteiger partial charge in [-0.3, -0.25) is 9.59 Å². The summed E-state index contributed by atoms with van der Waals surface area (Å²) >= 11 is 0. The number of hydrogen-bond donors (Lipinski definition) is 2.